The number of Topliss-reactive ketones (excluding diaryl/α,β-unsaturated/α-hetero) is 1. The molecule has 8 heteroatoms. The lowest BCUT2D eigenvalue weighted by atomic mass is 9.55. The molecule has 7 aliphatic rings. The van der Waals surface area contributed by atoms with Gasteiger partial charge in [0.05, 0.1) is 49.5 Å². The summed E-state index contributed by atoms with van der Waals surface area (Å²) >= 11 is 0. The Hall–Kier alpha value is -0.610. The van der Waals surface area contributed by atoms with Crippen LogP contribution in [-0.2, 0) is 33.2 Å². The van der Waals surface area contributed by atoms with Crippen molar-refractivity contribution in [3.8, 4) is 0 Å². The van der Waals surface area contributed by atoms with Gasteiger partial charge in [-0.05, 0) is 34.1 Å². The monoisotopic (exact) mass is 464 g/mol. The summed E-state index contributed by atoms with van der Waals surface area (Å²) in [6.07, 6.45) is 0.315. The first kappa shape index (κ1) is 21.7. The molecule has 0 aromatic carbocycles. The Bertz CT molecular complexity index is 925. The molecule has 0 aromatic rings. The Kier molecular flexibility index (Phi) is 3.84. The smallest absolute Gasteiger partial charge is 0.168 e. The quantitative estimate of drug-likeness (QED) is 0.618. The van der Waals surface area contributed by atoms with E-state index in [0.717, 1.165) is 0 Å². The number of ether oxygens (including phenoxy) is 6. The molecule has 0 radical (unpaired) electrons. The van der Waals surface area contributed by atoms with Crippen LogP contribution in [0.15, 0.2) is 0 Å². The van der Waals surface area contributed by atoms with Crippen molar-refractivity contribution < 1.29 is 38.3 Å². The van der Waals surface area contributed by atoms with Crippen LogP contribution < -0.4 is 0 Å². The van der Waals surface area contributed by atoms with Gasteiger partial charge in [0, 0.05) is 23.7 Å². The first-order valence-electron chi connectivity index (χ1n) is 12.5. The second kappa shape index (κ2) is 5.85. The highest BCUT2D eigenvalue weighted by molar-refractivity contribution is 5.94. The maximum absolute atomic E-state index is 14.1. The van der Waals surface area contributed by atoms with E-state index in [1.54, 1.807) is 0 Å². The van der Waals surface area contributed by atoms with Crippen molar-refractivity contribution >= 4 is 5.78 Å². The predicted octanol–water partition coefficient (Wildman–Crippen LogP) is 1.81. The molecule has 1 N–H and O–H groups in total. The van der Waals surface area contributed by atoms with E-state index < -0.39 is 34.1 Å². The van der Waals surface area contributed by atoms with E-state index in [9.17, 15) is 9.90 Å². The van der Waals surface area contributed by atoms with Crippen LogP contribution in [0.1, 0.15) is 54.4 Å². The topological polar surface area (TPSA) is 99.3 Å². The minimum Gasteiger partial charge on any atom is -0.386 e. The number of epoxide rings is 2. The third-order valence-corrected chi connectivity index (χ3v) is 10.3. The van der Waals surface area contributed by atoms with E-state index in [4.69, 9.17) is 28.4 Å². The van der Waals surface area contributed by atoms with Gasteiger partial charge in [-0.1, -0.05) is 13.8 Å². The van der Waals surface area contributed by atoms with E-state index in [1.165, 1.54) is 0 Å². The van der Waals surface area contributed by atoms with Crippen LogP contribution >= 0.6 is 0 Å². The summed E-state index contributed by atoms with van der Waals surface area (Å²) in [4.78, 5) is 14.1. The maximum atomic E-state index is 14.1. The zero-order valence-electron chi connectivity index (χ0n) is 20.4. The van der Waals surface area contributed by atoms with Crippen molar-refractivity contribution in [2.45, 2.75) is 102 Å². The molecule has 184 valence electrons. The van der Waals surface area contributed by atoms with Crippen molar-refractivity contribution in [2.75, 3.05) is 19.8 Å². The molecule has 3 saturated carbocycles. The van der Waals surface area contributed by atoms with Gasteiger partial charge in [-0.3, -0.25) is 4.79 Å². The maximum Gasteiger partial charge on any atom is 0.168 e. The van der Waals surface area contributed by atoms with Crippen LogP contribution in [0.25, 0.3) is 0 Å². The number of rotatable bonds is 2. The molecule has 10 atom stereocenters. The van der Waals surface area contributed by atoms with E-state index in [1.807, 2.05) is 27.7 Å². The molecular weight excluding hydrogens is 428 g/mol. The summed E-state index contributed by atoms with van der Waals surface area (Å²) < 4.78 is 36.9. The van der Waals surface area contributed by atoms with Crippen molar-refractivity contribution in [2.24, 2.45) is 28.6 Å². The fraction of sp³-hybridized carbons (Fsp3) is 0.960. The van der Waals surface area contributed by atoms with Crippen molar-refractivity contribution in [1.82, 2.24) is 0 Å². The Morgan fingerprint density at radius 1 is 0.970 bits per heavy atom. The second-order valence-corrected chi connectivity index (χ2v) is 12.9. The number of carbonyl (C=O) groups excluding carboxylic acids is 1. The van der Waals surface area contributed by atoms with Gasteiger partial charge in [0.1, 0.15) is 23.1 Å². The Labute approximate surface area is 194 Å². The van der Waals surface area contributed by atoms with E-state index in [-0.39, 0.29) is 47.4 Å². The summed E-state index contributed by atoms with van der Waals surface area (Å²) in [6, 6.07) is 0. The number of fused-ring (bicyclic) bond motifs is 9. The highest BCUT2D eigenvalue weighted by atomic mass is 16.7. The fourth-order valence-electron chi connectivity index (χ4n) is 9.06. The van der Waals surface area contributed by atoms with Crippen LogP contribution in [0.3, 0.4) is 0 Å². The summed E-state index contributed by atoms with van der Waals surface area (Å²) in [5, 5.41) is 12.8. The van der Waals surface area contributed by atoms with Crippen LogP contribution in [0.5, 0.6) is 0 Å². The molecule has 0 bridgehead atoms. The molecule has 33 heavy (non-hydrogen) atoms. The van der Waals surface area contributed by atoms with Gasteiger partial charge in [-0.15, -0.1) is 0 Å². The molecule has 7 rings (SSSR count). The SMILES string of the molecule is CC1(C)OC[C@@H]2[C@@H](O1)[C@H]1O[C@H]1[C@@]1(C)C(=O)[C@H]3CC(C)(C)[C@]4(O[C@@H]4CC4(C)OCCO4)[C@@]3(O)[C@@H]21. The lowest BCUT2D eigenvalue weighted by Crippen LogP contribution is -2.65. The number of hydrogen-bond donors (Lipinski definition) is 1. The minimum absolute atomic E-state index is 0.115. The molecule has 0 unspecified atom stereocenters. The van der Waals surface area contributed by atoms with Gasteiger partial charge in [0.15, 0.2) is 11.6 Å². The van der Waals surface area contributed by atoms with Crippen molar-refractivity contribution in [1.29, 1.82) is 0 Å². The molecule has 0 aromatic heterocycles. The number of ketones is 1. The average Bonchev–Trinajstić information content (AvgIpc) is 3.59. The molecule has 8 nitrogen and oxygen atoms in total. The molecule has 4 heterocycles. The number of hydrogen-bond acceptors (Lipinski definition) is 8. The highest BCUT2D eigenvalue weighted by Crippen LogP contribution is 2.78. The molecule has 0 amide bonds. The zero-order valence-corrected chi connectivity index (χ0v) is 20.4. The first-order chi connectivity index (χ1) is 15.3. The molecule has 4 saturated heterocycles. The Morgan fingerprint density at radius 3 is 2.36 bits per heavy atom. The first-order valence-corrected chi connectivity index (χ1v) is 12.5. The second-order valence-electron chi connectivity index (χ2n) is 12.9. The molecule has 4 aliphatic heterocycles. The van der Waals surface area contributed by atoms with E-state index in [0.29, 0.717) is 32.7 Å². The summed E-state index contributed by atoms with van der Waals surface area (Å²) in [7, 11) is 0. The standard InChI is InChI=1S/C25H36O8/c1-20(2)9-13-18(26)23(6)17(12-11-30-21(3,4)33-15(12)16-19(23)31-16)24(13,27)25(20)14(32-25)10-22(5)28-7-8-29-22/h12-17,19,27H,7-11H2,1-6H3/t12-,13-,14-,15-,16-,17+,19-,23-,24+,25+/m1/s1. The third-order valence-electron chi connectivity index (χ3n) is 10.3. The van der Waals surface area contributed by atoms with Crippen LogP contribution in [0, 0.1) is 28.6 Å². The lowest BCUT2D eigenvalue weighted by molar-refractivity contribution is -0.317. The summed E-state index contributed by atoms with van der Waals surface area (Å²) in [5.41, 5.74) is -3.32. The van der Waals surface area contributed by atoms with E-state index in [2.05, 4.69) is 13.8 Å². The zero-order chi connectivity index (χ0) is 23.4. The molecule has 7 fully saturated rings. The minimum atomic E-state index is -1.32. The fourth-order valence-corrected chi connectivity index (χ4v) is 9.06. The van der Waals surface area contributed by atoms with Gasteiger partial charge in [-0.2, -0.15) is 0 Å². The molecular formula is C25H36O8. The largest absolute Gasteiger partial charge is 0.386 e. The van der Waals surface area contributed by atoms with Crippen LogP contribution in [0.2, 0.25) is 0 Å². The van der Waals surface area contributed by atoms with Gasteiger partial charge >= 0.3 is 0 Å². The normalized spacial score (nSPS) is 58.5. The van der Waals surface area contributed by atoms with E-state index >= 15 is 0 Å². The van der Waals surface area contributed by atoms with Gasteiger partial charge in [0.2, 0.25) is 0 Å². The van der Waals surface area contributed by atoms with Gasteiger partial charge in [-0.25, -0.2) is 0 Å². The highest BCUT2D eigenvalue weighted by Gasteiger charge is 2.92. The summed E-state index contributed by atoms with van der Waals surface area (Å²) in [5.74, 6) is -2.33. The van der Waals surface area contributed by atoms with Crippen LogP contribution in [-0.4, -0.2) is 77.9 Å². The summed E-state index contributed by atoms with van der Waals surface area (Å²) in [6.45, 7) is 13.5. The van der Waals surface area contributed by atoms with Crippen molar-refractivity contribution in [3.05, 3.63) is 0 Å². The molecule has 1 spiro atoms. The van der Waals surface area contributed by atoms with Crippen molar-refractivity contribution in [3.63, 3.8) is 0 Å². The Balaban J connectivity index is 1.32. The van der Waals surface area contributed by atoms with Gasteiger partial charge in [0.25, 0.3) is 0 Å². The predicted molar refractivity (Wildman–Crippen MR) is 113 cm³/mol. The average molecular weight is 465 g/mol. The molecule has 3 aliphatic carbocycles. The van der Waals surface area contributed by atoms with Gasteiger partial charge < -0.3 is 33.5 Å². The third kappa shape index (κ3) is 2.31. The Morgan fingerprint density at radius 2 is 1.67 bits per heavy atom. The lowest BCUT2D eigenvalue weighted by Gasteiger charge is -2.53. The number of carbonyl (C=O) groups is 1. The number of aliphatic hydroxyl groups is 1. The van der Waals surface area contributed by atoms with Crippen LogP contribution in [0.4, 0.5) is 0 Å².